The fourth-order valence-electron chi connectivity index (χ4n) is 5.63. The minimum atomic E-state index is -1.57. The van der Waals surface area contributed by atoms with Gasteiger partial charge in [-0.25, -0.2) is 0 Å². The molecule has 0 aliphatic rings. The summed E-state index contributed by atoms with van der Waals surface area (Å²) < 4.78 is 0. The molecule has 0 heterocycles. The van der Waals surface area contributed by atoms with E-state index in [0.717, 1.165) is 11.1 Å². The maximum Gasteiger partial charge on any atom is 0.258 e. The molecule has 0 aliphatic heterocycles. The molecule has 0 fully saturated rings. The molecule has 0 saturated heterocycles. The number of aryl methyl sites for hydroxylation is 2. The quantitative estimate of drug-likeness (QED) is 0.0383. The lowest BCUT2D eigenvalue weighted by Gasteiger charge is -2.12. The molecule has 4 amide bonds. The maximum absolute atomic E-state index is 13.2. The molecule has 0 radical (unpaired) electrons. The summed E-state index contributed by atoms with van der Waals surface area (Å²) in [6.45, 7) is 2.34. The van der Waals surface area contributed by atoms with Gasteiger partial charge in [-0.1, -0.05) is 47.5 Å². The van der Waals surface area contributed by atoms with Crippen LogP contribution < -0.4 is 21.3 Å². The normalized spacial score (nSPS) is 12.1. The molecule has 0 bridgehead atoms. The molecule has 0 spiro atoms. The molecule has 5 rings (SSSR count). The lowest BCUT2D eigenvalue weighted by Crippen LogP contribution is -2.32. The third-order valence-electron chi connectivity index (χ3n) is 8.80. The van der Waals surface area contributed by atoms with Crippen molar-refractivity contribution < 1.29 is 28.8 Å². The molecule has 18 heteroatoms. The van der Waals surface area contributed by atoms with E-state index in [1.807, 2.05) is 24.3 Å². The third-order valence-corrected chi connectivity index (χ3v) is 9.82. The van der Waals surface area contributed by atoms with Crippen LogP contribution in [-0.4, -0.2) is 59.0 Å². The molecule has 318 valence electrons. The number of nitrogens with one attached hydrogen (secondary N) is 4. The van der Waals surface area contributed by atoms with Gasteiger partial charge in [0.05, 0.1) is 10.0 Å². The highest BCUT2D eigenvalue weighted by Gasteiger charge is 2.25. The number of carbonyl (C=O) groups is 6. The number of alkyl halides is 2. The number of azo groups is 2. The Balaban J connectivity index is 1.20. The zero-order valence-electron chi connectivity index (χ0n) is 33.1. The molecule has 0 aliphatic carbocycles. The van der Waals surface area contributed by atoms with Crippen LogP contribution in [0.4, 0.5) is 34.1 Å². The largest absolute Gasteiger partial charge is 0.324 e. The molecule has 5 aromatic rings. The standard InChI is InChI=1S/C44H38Cl4N8O6/c1-25(57)39(55-53-37-23-29(9-15-35(37)47)41(59)51-33-7-3-5-27(21-33)17-19-45)43(61)49-31-11-13-32(14-12-31)50-44(62)40(26(2)58)56-54-38-24-30(10-16-36(38)48)42(60)52-34-8-4-6-28(22-34)18-20-46/h3-16,21-24,39-40H,17-20H2,1-2H3,(H,49,61)(H,50,62)(H,51,59)(H,52,60). The van der Waals surface area contributed by atoms with Crippen molar-refractivity contribution >= 4 is 116 Å². The van der Waals surface area contributed by atoms with Crippen molar-refractivity contribution in [2.45, 2.75) is 38.8 Å². The van der Waals surface area contributed by atoms with E-state index in [0.29, 0.717) is 36.0 Å². The monoisotopic (exact) mass is 914 g/mol. The number of hydrogen-bond acceptors (Lipinski definition) is 10. The van der Waals surface area contributed by atoms with Crippen molar-refractivity contribution in [3.8, 4) is 0 Å². The van der Waals surface area contributed by atoms with Gasteiger partial charge < -0.3 is 21.3 Å². The van der Waals surface area contributed by atoms with Gasteiger partial charge in [-0.15, -0.1) is 23.2 Å². The van der Waals surface area contributed by atoms with E-state index < -0.39 is 47.3 Å². The van der Waals surface area contributed by atoms with Gasteiger partial charge in [0.1, 0.15) is 11.4 Å². The van der Waals surface area contributed by atoms with E-state index in [4.69, 9.17) is 46.4 Å². The van der Waals surface area contributed by atoms with Crippen molar-refractivity contribution in [2.75, 3.05) is 33.0 Å². The minimum Gasteiger partial charge on any atom is -0.324 e. The van der Waals surface area contributed by atoms with E-state index in [2.05, 4.69) is 41.7 Å². The topological polar surface area (TPSA) is 200 Å². The summed E-state index contributed by atoms with van der Waals surface area (Å²) in [5.41, 5.74) is 4.04. The number of rotatable bonds is 18. The van der Waals surface area contributed by atoms with Crippen molar-refractivity contribution in [1.82, 2.24) is 0 Å². The number of hydrogen-bond donors (Lipinski definition) is 4. The van der Waals surface area contributed by atoms with E-state index in [-0.39, 0.29) is 43.9 Å². The molecule has 14 nitrogen and oxygen atoms in total. The molecule has 62 heavy (non-hydrogen) atoms. The maximum atomic E-state index is 13.2. The molecule has 2 unspecified atom stereocenters. The van der Waals surface area contributed by atoms with Crippen LogP contribution in [0.15, 0.2) is 130 Å². The summed E-state index contributed by atoms with van der Waals surface area (Å²) in [5, 5.41) is 26.9. The first-order valence-corrected chi connectivity index (χ1v) is 20.6. The van der Waals surface area contributed by atoms with E-state index >= 15 is 0 Å². The smallest absolute Gasteiger partial charge is 0.258 e. The molecule has 0 saturated carbocycles. The first-order valence-electron chi connectivity index (χ1n) is 18.8. The van der Waals surface area contributed by atoms with Crippen LogP contribution in [0.25, 0.3) is 0 Å². The molecule has 0 aromatic heterocycles. The fourth-order valence-corrected chi connectivity index (χ4v) is 6.38. The van der Waals surface area contributed by atoms with Crippen molar-refractivity contribution in [3.63, 3.8) is 0 Å². The molecule has 4 N–H and O–H groups in total. The van der Waals surface area contributed by atoms with Gasteiger partial charge in [-0.2, -0.15) is 20.5 Å². The Hall–Kier alpha value is -6.32. The second-order valence-corrected chi connectivity index (χ2v) is 15.1. The van der Waals surface area contributed by atoms with Crippen LogP contribution in [0.5, 0.6) is 0 Å². The molecular weight excluding hydrogens is 878 g/mol. The molecule has 2 atom stereocenters. The fraction of sp³-hybridized carbons (Fsp3) is 0.182. The number of benzene rings is 5. The van der Waals surface area contributed by atoms with Crippen LogP contribution in [0.2, 0.25) is 10.0 Å². The summed E-state index contributed by atoms with van der Waals surface area (Å²) in [4.78, 5) is 77.3. The van der Waals surface area contributed by atoms with Gasteiger partial charge in [0.15, 0.2) is 11.6 Å². The summed E-state index contributed by atoms with van der Waals surface area (Å²) in [7, 11) is 0. The van der Waals surface area contributed by atoms with Crippen molar-refractivity contribution in [1.29, 1.82) is 0 Å². The second-order valence-electron chi connectivity index (χ2n) is 13.5. The van der Waals surface area contributed by atoms with Crippen molar-refractivity contribution in [3.05, 3.63) is 141 Å². The zero-order chi connectivity index (χ0) is 44.8. The Morgan fingerprint density at radius 1 is 0.500 bits per heavy atom. The number of ketones is 2. The number of anilines is 4. The van der Waals surface area contributed by atoms with Gasteiger partial charge in [0.2, 0.25) is 12.1 Å². The van der Waals surface area contributed by atoms with Gasteiger partial charge in [0, 0.05) is 45.6 Å². The first-order chi connectivity index (χ1) is 29.7. The van der Waals surface area contributed by atoms with E-state index in [1.54, 1.807) is 24.3 Å². The number of carbonyl (C=O) groups excluding carboxylic acids is 6. The van der Waals surface area contributed by atoms with Gasteiger partial charge in [-0.3, -0.25) is 28.8 Å². The Labute approximate surface area is 376 Å². The number of nitrogens with zero attached hydrogens (tertiary/aromatic N) is 4. The highest BCUT2D eigenvalue weighted by Crippen LogP contribution is 2.29. The summed E-state index contributed by atoms with van der Waals surface area (Å²) >= 11 is 24.3. The number of Topliss-reactive ketones (excluding diaryl/α,β-unsaturated/α-hetero) is 2. The lowest BCUT2D eigenvalue weighted by atomic mass is 10.1. The van der Waals surface area contributed by atoms with Crippen molar-refractivity contribution in [2.24, 2.45) is 20.5 Å². The van der Waals surface area contributed by atoms with E-state index in [1.165, 1.54) is 74.5 Å². The highest BCUT2D eigenvalue weighted by atomic mass is 35.5. The zero-order valence-corrected chi connectivity index (χ0v) is 36.1. The molecular formula is C44H38Cl4N8O6. The van der Waals surface area contributed by atoms with Crippen LogP contribution in [0.1, 0.15) is 45.7 Å². The average Bonchev–Trinajstić information content (AvgIpc) is 3.23. The summed E-state index contributed by atoms with van der Waals surface area (Å²) in [5.74, 6) is -2.90. The predicted octanol–water partition coefficient (Wildman–Crippen LogP) is 10.4. The van der Waals surface area contributed by atoms with Crippen LogP contribution in [0.3, 0.4) is 0 Å². The Morgan fingerprint density at radius 3 is 1.24 bits per heavy atom. The summed E-state index contributed by atoms with van der Waals surface area (Å²) in [6.07, 6.45) is 1.27. The Bertz CT molecular complexity index is 2380. The van der Waals surface area contributed by atoms with Crippen LogP contribution >= 0.6 is 46.4 Å². The third kappa shape index (κ3) is 13.3. The lowest BCUT2D eigenvalue weighted by molar-refractivity contribution is -0.127. The number of amides is 4. The van der Waals surface area contributed by atoms with E-state index in [9.17, 15) is 28.8 Å². The van der Waals surface area contributed by atoms with Gasteiger partial charge >= 0.3 is 0 Å². The van der Waals surface area contributed by atoms with Crippen LogP contribution in [0, 0.1) is 0 Å². The SMILES string of the molecule is CC(=O)C(N=Nc1cc(C(=O)Nc2cccc(CCCl)c2)ccc1Cl)C(=O)Nc1ccc(NC(=O)C(N=Nc2cc(C(=O)Nc3cccc(CCCl)c3)ccc2Cl)C(C)=O)cc1. The average molecular weight is 917 g/mol. The van der Waals surface area contributed by atoms with Gasteiger partial charge in [0.25, 0.3) is 23.6 Å². The Morgan fingerprint density at radius 2 is 0.887 bits per heavy atom. The predicted molar refractivity (Wildman–Crippen MR) is 242 cm³/mol. The Kier molecular flexibility index (Phi) is 17.0. The second kappa shape index (κ2) is 22.5. The molecule has 5 aromatic carbocycles. The first kappa shape index (κ1) is 46.7. The number of halogens is 4. The summed E-state index contributed by atoms with van der Waals surface area (Å²) in [6, 6.07) is 25.8. The minimum absolute atomic E-state index is 0.0537. The highest BCUT2D eigenvalue weighted by molar-refractivity contribution is 6.33. The van der Waals surface area contributed by atoms with Crippen LogP contribution in [-0.2, 0) is 32.0 Å². The van der Waals surface area contributed by atoms with Gasteiger partial charge in [-0.05, 0) is 123 Å².